The molecule has 1 aromatic heterocycles. The molecule has 1 aromatic carbocycles. The molecule has 0 saturated carbocycles. The number of rotatable bonds is 4. The molecule has 0 unspecified atom stereocenters. The van der Waals surface area contributed by atoms with Gasteiger partial charge in [0.05, 0.1) is 18.7 Å². The van der Waals surface area contributed by atoms with Crippen LogP contribution in [0.5, 0.6) is 0 Å². The zero-order chi connectivity index (χ0) is 14.8. The standard InChI is InChI=1S/C13H13F2N3O2/c14-13(15,6-16)7-17-12(20)9-5-11(19)18-10-4-2-1-3-8(9)10/h1-5H,6-7,16H2,(H,17,20)(H,18,19). The van der Waals surface area contributed by atoms with Crippen molar-refractivity contribution in [3.63, 3.8) is 0 Å². The molecule has 1 amide bonds. The Balaban J connectivity index is 2.33. The molecular formula is C13H13F2N3O2. The van der Waals surface area contributed by atoms with Crippen molar-refractivity contribution >= 4 is 16.8 Å². The Morgan fingerprint density at radius 2 is 2.05 bits per heavy atom. The molecule has 0 bridgehead atoms. The lowest BCUT2D eigenvalue weighted by molar-refractivity contribution is 0.0119. The van der Waals surface area contributed by atoms with Crippen LogP contribution in [0.4, 0.5) is 8.78 Å². The van der Waals surface area contributed by atoms with Crippen LogP contribution in [0.25, 0.3) is 10.9 Å². The van der Waals surface area contributed by atoms with Gasteiger partial charge in [0, 0.05) is 17.0 Å². The maximum Gasteiger partial charge on any atom is 0.277 e. The zero-order valence-corrected chi connectivity index (χ0v) is 10.5. The van der Waals surface area contributed by atoms with Crippen LogP contribution in [0, 0.1) is 0 Å². The van der Waals surface area contributed by atoms with Crippen molar-refractivity contribution < 1.29 is 13.6 Å². The van der Waals surface area contributed by atoms with E-state index in [9.17, 15) is 18.4 Å². The number of amides is 1. The smallest absolute Gasteiger partial charge is 0.277 e. The summed E-state index contributed by atoms with van der Waals surface area (Å²) < 4.78 is 26.0. The van der Waals surface area contributed by atoms with E-state index in [-0.39, 0.29) is 5.56 Å². The number of nitrogens with two attached hydrogens (primary N) is 1. The van der Waals surface area contributed by atoms with Crippen molar-refractivity contribution in [2.24, 2.45) is 5.73 Å². The van der Waals surface area contributed by atoms with E-state index in [4.69, 9.17) is 5.73 Å². The van der Waals surface area contributed by atoms with Crippen molar-refractivity contribution in [1.29, 1.82) is 0 Å². The highest BCUT2D eigenvalue weighted by Gasteiger charge is 2.27. The van der Waals surface area contributed by atoms with Gasteiger partial charge in [0.1, 0.15) is 0 Å². The number of hydrogen-bond donors (Lipinski definition) is 3. The summed E-state index contributed by atoms with van der Waals surface area (Å²) in [5, 5.41) is 2.57. The minimum Gasteiger partial charge on any atom is -0.346 e. The lowest BCUT2D eigenvalue weighted by atomic mass is 10.1. The lowest BCUT2D eigenvalue weighted by Gasteiger charge is -2.15. The third-order valence-corrected chi connectivity index (χ3v) is 2.80. The average molecular weight is 281 g/mol. The first-order valence-corrected chi connectivity index (χ1v) is 5.91. The molecule has 0 atom stereocenters. The van der Waals surface area contributed by atoms with E-state index in [1.54, 1.807) is 24.3 Å². The normalized spacial score (nSPS) is 11.6. The van der Waals surface area contributed by atoms with Crippen LogP contribution in [0.2, 0.25) is 0 Å². The Morgan fingerprint density at radius 1 is 1.35 bits per heavy atom. The highest BCUT2D eigenvalue weighted by atomic mass is 19.3. The van der Waals surface area contributed by atoms with Crippen LogP contribution in [-0.4, -0.2) is 29.9 Å². The minimum absolute atomic E-state index is 0.0529. The molecule has 0 fully saturated rings. The molecule has 0 aliphatic carbocycles. The molecule has 2 rings (SSSR count). The number of para-hydroxylation sites is 1. The maximum absolute atomic E-state index is 13.0. The molecule has 4 N–H and O–H groups in total. The summed E-state index contributed by atoms with van der Waals surface area (Å²) in [6.45, 7) is -1.73. The number of alkyl halides is 2. The number of pyridine rings is 1. The monoisotopic (exact) mass is 281 g/mol. The number of carbonyl (C=O) groups is 1. The van der Waals surface area contributed by atoms with Crippen LogP contribution in [0.1, 0.15) is 10.4 Å². The Bertz CT molecular complexity index is 697. The summed E-state index contributed by atoms with van der Waals surface area (Å²) in [5.74, 6) is -3.91. The highest BCUT2D eigenvalue weighted by Crippen LogP contribution is 2.15. The number of aromatic amines is 1. The first-order chi connectivity index (χ1) is 9.43. The van der Waals surface area contributed by atoms with Crippen LogP contribution in [0.3, 0.4) is 0 Å². The Labute approximate surface area is 112 Å². The lowest BCUT2D eigenvalue weighted by Crippen LogP contribution is -2.41. The molecule has 0 aliphatic heterocycles. The van der Waals surface area contributed by atoms with Crippen LogP contribution in [0.15, 0.2) is 35.1 Å². The van der Waals surface area contributed by atoms with E-state index in [0.29, 0.717) is 10.9 Å². The van der Waals surface area contributed by atoms with Gasteiger partial charge in [-0.2, -0.15) is 0 Å². The first kappa shape index (κ1) is 14.1. The zero-order valence-electron chi connectivity index (χ0n) is 10.5. The average Bonchev–Trinajstić information content (AvgIpc) is 2.44. The molecular weight excluding hydrogens is 268 g/mol. The number of carbonyl (C=O) groups excluding carboxylic acids is 1. The minimum atomic E-state index is -3.17. The fourth-order valence-corrected chi connectivity index (χ4v) is 1.77. The molecule has 0 aliphatic rings. The largest absolute Gasteiger partial charge is 0.346 e. The van der Waals surface area contributed by atoms with Crippen LogP contribution >= 0.6 is 0 Å². The van der Waals surface area contributed by atoms with Crippen LogP contribution < -0.4 is 16.6 Å². The van der Waals surface area contributed by atoms with Gasteiger partial charge in [0.15, 0.2) is 0 Å². The van der Waals surface area contributed by atoms with Crippen molar-refractivity contribution in [3.05, 3.63) is 46.2 Å². The predicted molar refractivity (Wildman–Crippen MR) is 70.9 cm³/mol. The number of halogens is 2. The van der Waals surface area contributed by atoms with E-state index < -0.39 is 30.5 Å². The van der Waals surface area contributed by atoms with E-state index in [1.165, 1.54) is 0 Å². The molecule has 1 heterocycles. The summed E-state index contributed by atoms with van der Waals surface area (Å²) in [6.07, 6.45) is 0. The molecule has 2 aromatic rings. The second-order valence-corrected chi connectivity index (χ2v) is 4.34. The highest BCUT2D eigenvalue weighted by molar-refractivity contribution is 6.05. The van der Waals surface area contributed by atoms with Gasteiger partial charge in [0.2, 0.25) is 5.56 Å². The number of hydrogen-bond acceptors (Lipinski definition) is 3. The summed E-state index contributed by atoms with van der Waals surface area (Å²) in [7, 11) is 0. The fraction of sp³-hybridized carbons (Fsp3) is 0.231. The summed E-state index contributed by atoms with van der Waals surface area (Å²) >= 11 is 0. The van der Waals surface area contributed by atoms with Crippen molar-refractivity contribution in [1.82, 2.24) is 10.3 Å². The predicted octanol–water partition coefficient (Wildman–Crippen LogP) is 0.852. The number of aromatic nitrogens is 1. The van der Waals surface area contributed by atoms with Gasteiger partial charge in [-0.3, -0.25) is 9.59 Å². The van der Waals surface area contributed by atoms with Crippen molar-refractivity contribution in [3.8, 4) is 0 Å². The van der Waals surface area contributed by atoms with E-state index in [2.05, 4.69) is 10.3 Å². The third kappa shape index (κ3) is 3.00. The quantitative estimate of drug-likeness (QED) is 0.776. The molecule has 0 radical (unpaired) electrons. The SMILES string of the molecule is NCC(F)(F)CNC(=O)c1cc(=O)[nH]c2ccccc12. The van der Waals surface area contributed by atoms with Gasteiger partial charge in [-0.25, -0.2) is 8.78 Å². The second-order valence-electron chi connectivity index (χ2n) is 4.34. The summed E-state index contributed by atoms with van der Waals surface area (Å²) in [6, 6.07) is 7.72. The molecule has 7 heteroatoms. The van der Waals surface area contributed by atoms with E-state index in [1.807, 2.05) is 0 Å². The topological polar surface area (TPSA) is 88.0 Å². The van der Waals surface area contributed by atoms with Gasteiger partial charge in [-0.1, -0.05) is 18.2 Å². The fourth-order valence-electron chi connectivity index (χ4n) is 1.77. The summed E-state index contributed by atoms with van der Waals surface area (Å²) in [5.41, 5.74) is 4.94. The van der Waals surface area contributed by atoms with Gasteiger partial charge in [0.25, 0.3) is 11.8 Å². The van der Waals surface area contributed by atoms with E-state index in [0.717, 1.165) is 6.07 Å². The van der Waals surface area contributed by atoms with Gasteiger partial charge in [-0.05, 0) is 6.07 Å². The number of H-pyrrole nitrogens is 1. The van der Waals surface area contributed by atoms with E-state index >= 15 is 0 Å². The molecule has 20 heavy (non-hydrogen) atoms. The number of fused-ring (bicyclic) bond motifs is 1. The third-order valence-electron chi connectivity index (χ3n) is 2.80. The molecule has 0 spiro atoms. The van der Waals surface area contributed by atoms with Gasteiger partial charge >= 0.3 is 0 Å². The number of benzene rings is 1. The Kier molecular flexibility index (Phi) is 3.80. The van der Waals surface area contributed by atoms with Crippen molar-refractivity contribution in [2.45, 2.75) is 5.92 Å². The van der Waals surface area contributed by atoms with Crippen LogP contribution in [-0.2, 0) is 0 Å². The molecule has 0 saturated heterocycles. The number of nitrogens with one attached hydrogen (secondary N) is 2. The Morgan fingerprint density at radius 3 is 2.75 bits per heavy atom. The first-order valence-electron chi connectivity index (χ1n) is 5.91. The Hall–Kier alpha value is -2.28. The molecule has 106 valence electrons. The van der Waals surface area contributed by atoms with Crippen molar-refractivity contribution in [2.75, 3.05) is 13.1 Å². The van der Waals surface area contributed by atoms with Gasteiger partial charge < -0.3 is 16.0 Å². The van der Waals surface area contributed by atoms with Gasteiger partial charge in [-0.15, -0.1) is 0 Å². The maximum atomic E-state index is 13.0. The summed E-state index contributed by atoms with van der Waals surface area (Å²) in [4.78, 5) is 26.0. The molecule has 5 nitrogen and oxygen atoms in total. The second kappa shape index (κ2) is 5.38.